The Morgan fingerprint density at radius 1 is 1.22 bits per heavy atom. The number of aryl methyl sites for hydroxylation is 1. The van der Waals surface area contributed by atoms with Gasteiger partial charge in [0.05, 0.1) is 5.54 Å². The molecule has 4 heteroatoms. The maximum Gasteiger partial charge on any atom is 0.315 e. The second-order valence-corrected chi connectivity index (χ2v) is 5.36. The van der Waals surface area contributed by atoms with Crippen LogP contribution in [0.15, 0.2) is 24.3 Å². The molecule has 1 spiro atoms. The summed E-state index contributed by atoms with van der Waals surface area (Å²) in [6.07, 6.45) is 2.03. The number of rotatable bonds is 1. The van der Waals surface area contributed by atoms with E-state index in [0.29, 0.717) is 0 Å². The van der Waals surface area contributed by atoms with Crippen LogP contribution >= 0.6 is 0 Å². The van der Waals surface area contributed by atoms with E-state index in [4.69, 9.17) is 0 Å². The summed E-state index contributed by atoms with van der Waals surface area (Å²) in [7, 11) is 0. The first-order chi connectivity index (χ1) is 8.69. The van der Waals surface area contributed by atoms with E-state index in [0.717, 1.165) is 32.5 Å². The minimum absolute atomic E-state index is 0.00370. The van der Waals surface area contributed by atoms with Crippen molar-refractivity contribution >= 4 is 11.7 Å². The van der Waals surface area contributed by atoms with E-state index in [1.54, 1.807) is 0 Å². The van der Waals surface area contributed by atoms with Gasteiger partial charge >= 0.3 is 6.03 Å². The molecule has 0 radical (unpaired) electrons. The van der Waals surface area contributed by atoms with E-state index in [9.17, 15) is 4.79 Å². The molecular weight excluding hydrogens is 226 g/mol. The molecule has 0 saturated carbocycles. The lowest BCUT2D eigenvalue weighted by Gasteiger charge is -2.40. The Morgan fingerprint density at radius 3 is 2.56 bits per heavy atom. The zero-order chi connectivity index (χ0) is 12.6. The topological polar surface area (TPSA) is 44.4 Å². The van der Waals surface area contributed by atoms with Crippen molar-refractivity contribution in [2.24, 2.45) is 0 Å². The third kappa shape index (κ3) is 1.92. The number of benzene rings is 1. The van der Waals surface area contributed by atoms with Crippen LogP contribution in [0.1, 0.15) is 18.4 Å². The molecule has 2 fully saturated rings. The van der Waals surface area contributed by atoms with Gasteiger partial charge in [0, 0.05) is 25.3 Å². The van der Waals surface area contributed by atoms with Crippen LogP contribution in [0.4, 0.5) is 10.5 Å². The number of hydrogen-bond donors (Lipinski definition) is 2. The Bertz CT molecular complexity index is 464. The summed E-state index contributed by atoms with van der Waals surface area (Å²) in [5.41, 5.74) is 2.64. The molecule has 3 rings (SSSR count). The van der Waals surface area contributed by atoms with Crippen LogP contribution in [0.25, 0.3) is 0 Å². The van der Waals surface area contributed by atoms with E-state index >= 15 is 0 Å². The molecule has 0 aliphatic carbocycles. The van der Waals surface area contributed by atoms with E-state index in [2.05, 4.69) is 46.7 Å². The summed E-state index contributed by atoms with van der Waals surface area (Å²) < 4.78 is 0. The van der Waals surface area contributed by atoms with Gasteiger partial charge in [-0.15, -0.1) is 0 Å². The van der Waals surface area contributed by atoms with Crippen LogP contribution in [0.3, 0.4) is 0 Å². The molecule has 1 aromatic rings. The number of urea groups is 1. The van der Waals surface area contributed by atoms with Gasteiger partial charge in [0.25, 0.3) is 0 Å². The highest BCUT2D eigenvalue weighted by Crippen LogP contribution is 2.29. The maximum absolute atomic E-state index is 11.3. The molecule has 1 aromatic carbocycles. The van der Waals surface area contributed by atoms with E-state index in [1.807, 2.05) is 0 Å². The number of anilines is 1. The van der Waals surface area contributed by atoms with Crippen molar-refractivity contribution in [1.29, 1.82) is 0 Å². The highest BCUT2D eigenvalue weighted by molar-refractivity contribution is 5.77. The molecule has 2 N–H and O–H groups in total. The zero-order valence-electron chi connectivity index (χ0n) is 10.7. The third-order valence-electron chi connectivity index (χ3n) is 4.14. The summed E-state index contributed by atoms with van der Waals surface area (Å²) in [6.45, 7) is 4.94. The van der Waals surface area contributed by atoms with Gasteiger partial charge in [0.15, 0.2) is 0 Å². The summed E-state index contributed by atoms with van der Waals surface area (Å²) in [5, 5.41) is 5.96. The number of piperidine rings is 1. The van der Waals surface area contributed by atoms with Crippen molar-refractivity contribution in [3.8, 4) is 0 Å². The van der Waals surface area contributed by atoms with Gasteiger partial charge < -0.3 is 15.5 Å². The van der Waals surface area contributed by atoms with Crippen LogP contribution in [0.5, 0.6) is 0 Å². The highest BCUT2D eigenvalue weighted by Gasteiger charge is 2.40. The van der Waals surface area contributed by atoms with Crippen molar-refractivity contribution in [2.75, 3.05) is 24.5 Å². The Morgan fingerprint density at radius 2 is 1.94 bits per heavy atom. The second kappa shape index (κ2) is 4.19. The normalized spacial score (nSPS) is 21.8. The molecule has 2 heterocycles. The van der Waals surface area contributed by atoms with Crippen LogP contribution in [0, 0.1) is 6.92 Å². The molecule has 0 unspecified atom stereocenters. The number of carbonyl (C=O) groups is 1. The SMILES string of the molecule is Cc1ccccc1N1CCC2(CC1)CNC(=O)N2. The van der Waals surface area contributed by atoms with Crippen molar-refractivity contribution < 1.29 is 4.79 Å². The predicted octanol–water partition coefficient (Wildman–Crippen LogP) is 1.65. The predicted molar refractivity (Wildman–Crippen MR) is 71.9 cm³/mol. The average molecular weight is 245 g/mol. The first-order valence-corrected chi connectivity index (χ1v) is 6.55. The largest absolute Gasteiger partial charge is 0.371 e. The van der Waals surface area contributed by atoms with Gasteiger partial charge in [-0.3, -0.25) is 0 Å². The lowest BCUT2D eigenvalue weighted by Crippen LogP contribution is -2.52. The van der Waals surface area contributed by atoms with Gasteiger partial charge in [-0.05, 0) is 31.4 Å². The fourth-order valence-electron chi connectivity index (χ4n) is 2.97. The minimum atomic E-state index is -0.0145. The molecule has 96 valence electrons. The standard InChI is InChI=1S/C14H19N3O/c1-11-4-2-3-5-12(11)17-8-6-14(7-9-17)10-15-13(18)16-14/h2-5H,6-10H2,1H3,(H2,15,16,18). The van der Waals surface area contributed by atoms with E-state index in [1.165, 1.54) is 11.3 Å². The number of nitrogens with zero attached hydrogens (tertiary/aromatic N) is 1. The minimum Gasteiger partial charge on any atom is -0.371 e. The Hall–Kier alpha value is -1.71. The summed E-state index contributed by atoms with van der Waals surface area (Å²) >= 11 is 0. The molecule has 0 atom stereocenters. The lowest BCUT2D eigenvalue weighted by molar-refractivity contribution is 0.240. The average Bonchev–Trinajstić information content (AvgIpc) is 2.73. The number of hydrogen-bond acceptors (Lipinski definition) is 2. The number of amides is 2. The molecule has 2 saturated heterocycles. The number of para-hydroxylation sites is 1. The van der Waals surface area contributed by atoms with Crippen LogP contribution in [-0.2, 0) is 0 Å². The van der Waals surface area contributed by atoms with Crippen LogP contribution < -0.4 is 15.5 Å². The van der Waals surface area contributed by atoms with E-state index in [-0.39, 0.29) is 11.6 Å². The highest BCUT2D eigenvalue weighted by atomic mass is 16.2. The van der Waals surface area contributed by atoms with Crippen molar-refractivity contribution in [3.63, 3.8) is 0 Å². The first-order valence-electron chi connectivity index (χ1n) is 6.55. The van der Waals surface area contributed by atoms with Gasteiger partial charge in [0.2, 0.25) is 0 Å². The maximum atomic E-state index is 11.3. The van der Waals surface area contributed by atoms with Crippen LogP contribution in [0.2, 0.25) is 0 Å². The fourth-order valence-corrected chi connectivity index (χ4v) is 2.97. The summed E-state index contributed by atoms with van der Waals surface area (Å²) in [5.74, 6) is 0. The monoisotopic (exact) mass is 245 g/mol. The van der Waals surface area contributed by atoms with E-state index < -0.39 is 0 Å². The molecule has 4 nitrogen and oxygen atoms in total. The molecule has 0 aromatic heterocycles. The second-order valence-electron chi connectivity index (χ2n) is 5.36. The summed E-state index contributed by atoms with van der Waals surface area (Å²) in [6, 6.07) is 8.48. The Kier molecular flexibility index (Phi) is 2.65. The van der Waals surface area contributed by atoms with Gasteiger partial charge in [-0.1, -0.05) is 18.2 Å². The van der Waals surface area contributed by atoms with Crippen molar-refractivity contribution in [3.05, 3.63) is 29.8 Å². The third-order valence-corrected chi connectivity index (χ3v) is 4.14. The van der Waals surface area contributed by atoms with Crippen molar-refractivity contribution in [2.45, 2.75) is 25.3 Å². The molecular formula is C14H19N3O. The molecule has 2 aliphatic heterocycles. The van der Waals surface area contributed by atoms with Crippen molar-refractivity contribution in [1.82, 2.24) is 10.6 Å². The number of nitrogens with one attached hydrogen (secondary N) is 2. The fraction of sp³-hybridized carbons (Fsp3) is 0.500. The quantitative estimate of drug-likeness (QED) is 0.790. The smallest absolute Gasteiger partial charge is 0.315 e. The zero-order valence-corrected chi connectivity index (χ0v) is 10.7. The lowest BCUT2D eigenvalue weighted by atomic mass is 9.88. The van der Waals surface area contributed by atoms with Gasteiger partial charge in [0.1, 0.15) is 0 Å². The van der Waals surface area contributed by atoms with Gasteiger partial charge in [-0.25, -0.2) is 4.79 Å². The van der Waals surface area contributed by atoms with Gasteiger partial charge in [-0.2, -0.15) is 0 Å². The Balaban J connectivity index is 1.71. The number of carbonyl (C=O) groups excluding carboxylic acids is 1. The van der Waals surface area contributed by atoms with Crippen LogP contribution in [-0.4, -0.2) is 31.2 Å². The first kappa shape index (κ1) is 11.4. The molecule has 0 bridgehead atoms. The molecule has 2 amide bonds. The molecule has 18 heavy (non-hydrogen) atoms. The summed E-state index contributed by atoms with van der Waals surface area (Å²) in [4.78, 5) is 13.7. The molecule has 2 aliphatic rings. The Labute approximate surface area is 107 Å².